The quantitative estimate of drug-likeness (QED) is 0.871. The van der Waals surface area contributed by atoms with Crippen molar-refractivity contribution in [2.24, 2.45) is 0 Å². The molecule has 4 nitrogen and oxygen atoms in total. The summed E-state index contributed by atoms with van der Waals surface area (Å²) in [6.07, 6.45) is 3.09. The standard InChI is InChI=1S/C13H21N3O/c1-4-9(5-2)12-15-11-6-7-17-8-10(11)13(14-3)16-12/h9H,4-8H2,1-3H3,(H,14,15,16). The minimum atomic E-state index is 0.468. The predicted octanol–water partition coefficient (Wildman–Crippen LogP) is 2.49. The molecule has 1 aliphatic heterocycles. The fourth-order valence-electron chi connectivity index (χ4n) is 2.29. The van der Waals surface area contributed by atoms with Crippen molar-refractivity contribution in [1.82, 2.24) is 9.97 Å². The summed E-state index contributed by atoms with van der Waals surface area (Å²) in [4.78, 5) is 9.38. The first-order valence-electron chi connectivity index (χ1n) is 6.45. The summed E-state index contributed by atoms with van der Waals surface area (Å²) in [6, 6.07) is 0. The van der Waals surface area contributed by atoms with Crippen LogP contribution in [0.15, 0.2) is 0 Å². The molecule has 0 radical (unpaired) electrons. The Morgan fingerprint density at radius 1 is 1.29 bits per heavy atom. The summed E-state index contributed by atoms with van der Waals surface area (Å²) < 4.78 is 5.47. The molecule has 0 fully saturated rings. The number of aromatic nitrogens is 2. The molecule has 94 valence electrons. The van der Waals surface area contributed by atoms with Crippen LogP contribution < -0.4 is 5.32 Å². The number of nitrogens with zero attached hydrogens (tertiary/aromatic N) is 2. The Bertz CT molecular complexity index is 371. The van der Waals surface area contributed by atoms with Gasteiger partial charge in [-0.3, -0.25) is 0 Å². The lowest BCUT2D eigenvalue weighted by Gasteiger charge is -2.21. The number of hydrogen-bond acceptors (Lipinski definition) is 4. The molecule has 0 saturated carbocycles. The molecule has 1 aromatic heterocycles. The SMILES string of the molecule is CCC(CC)c1nc2c(c(NC)n1)COCC2. The van der Waals surface area contributed by atoms with Gasteiger partial charge in [0, 0.05) is 24.9 Å². The molecular formula is C13H21N3O. The van der Waals surface area contributed by atoms with Crippen molar-refractivity contribution < 1.29 is 4.74 Å². The number of rotatable bonds is 4. The molecule has 4 heteroatoms. The lowest BCUT2D eigenvalue weighted by Crippen LogP contribution is -2.18. The van der Waals surface area contributed by atoms with E-state index >= 15 is 0 Å². The Labute approximate surface area is 103 Å². The smallest absolute Gasteiger partial charge is 0.135 e. The van der Waals surface area contributed by atoms with Crippen molar-refractivity contribution in [3.8, 4) is 0 Å². The maximum Gasteiger partial charge on any atom is 0.135 e. The zero-order valence-electron chi connectivity index (χ0n) is 10.9. The second-order valence-corrected chi connectivity index (χ2v) is 4.42. The van der Waals surface area contributed by atoms with Crippen LogP contribution in [0.2, 0.25) is 0 Å². The molecule has 1 N–H and O–H groups in total. The average Bonchev–Trinajstić information content (AvgIpc) is 2.39. The van der Waals surface area contributed by atoms with E-state index in [2.05, 4.69) is 24.1 Å². The molecule has 2 rings (SSSR count). The van der Waals surface area contributed by atoms with Gasteiger partial charge in [0.05, 0.1) is 18.9 Å². The van der Waals surface area contributed by atoms with Crippen LogP contribution in [-0.2, 0) is 17.8 Å². The first-order chi connectivity index (χ1) is 8.30. The van der Waals surface area contributed by atoms with Crippen LogP contribution in [0.1, 0.15) is 49.7 Å². The monoisotopic (exact) mass is 235 g/mol. The first kappa shape index (κ1) is 12.3. The lowest BCUT2D eigenvalue weighted by molar-refractivity contribution is 0.109. The van der Waals surface area contributed by atoms with Crippen LogP contribution in [0.3, 0.4) is 0 Å². The highest BCUT2D eigenvalue weighted by molar-refractivity contribution is 5.46. The lowest BCUT2D eigenvalue weighted by atomic mass is 10.0. The summed E-state index contributed by atoms with van der Waals surface area (Å²) in [5, 5.41) is 3.17. The highest BCUT2D eigenvalue weighted by atomic mass is 16.5. The van der Waals surface area contributed by atoms with Crippen molar-refractivity contribution in [1.29, 1.82) is 0 Å². The predicted molar refractivity (Wildman–Crippen MR) is 68.3 cm³/mol. The molecule has 0 bridgehead atoms. The summed E-state index contributed by atoms with van der Waals surface area (Å²) in [7, 11) is 1.91. The van der Waals surface area contributed by atoms with Gasteiger partial charge in [-0.2, -0.15) is 0 Å². The van der Waals surface area contributed by atoms with Crippen LogP contribution in [0.5, 0.6) is 0 Å². The van der Waals surface area contributed by atoms with E-state index in [9.17, 15) is 0 Å². The van der Waals surface area contributed by atoms with Gasteiger partial charge in [0.25, 0.3) is 0 Å². The number of ether oxygens (including phenoxy) is 1. The average molecular weight is 235 g/mol. The van der Waals surface area contributed by atoms with Gasteiger partial charge in [0.2, 0.25) is 0 Å². The van der Waals surface area contributed by atoms with Gasteiger partial charge >= 0.3 is 0 Å². The minimum Gasteiger partial charge on any atom is -0.376 e. The highest BCUT2D eigenvalue weighted by Gasteiger charge is 2.20. The van der Waals surface area contributed by atoms with Crippen molar-refractivity contribution in [3.63, 3.8) is 0 Å². The molecule has 0 saturated heterocycles. The van der Waals surface area contributed by atoms with Gasteiger partial charge in [0.1, 0.15) is 11.6 Å². The number of nitrogens with one attached hydrogen (secondary N) is 1. The number of hydrogen-bond donors (Lipinski definition) is 1. The van der Waals surface area contributed by atoms with E-state index in [4.69, 9.17) is 9.72 Å². The summed E-state index contributed by atoms with van der Waals surface area (Å²) in [5.74, 6) is 2.40. The second-order valence-electron chi connectivity index (χ2n) is 4.42. The highest BCUT2D eigenvalue weighted by Crippen LogP contribution is 2.26. The maximum atomic E-state index is 5.47. The molecule has 0 spiro atoms. The van der Waals surface area contributed by atoms with Crippen LogP contribution >= 0.6 is 0 Å². The van der Waals surface area contributed by atoms with E-state index in [-0.39, 0.29) is 0 Å². The fraction of sp³-hybridized carbons (Fsp3) is 0.692. The van der Waals surface area contributed by atoms with Crippen LogP contribution in [0.4, 0.5) is 5.82 Å². The molecule has 17 heavy (non-hydrogen) atoms. The molecule has 2 heterocycles. The first-order valence-corrected chi connectivity index (χ1v) is 6.45. The zero-order chi connectivity index (χ0) is 12.3. The third-order valence-electron chi connectivity index (χ3n) is 3.43. The van der Waals surface area contributed by atoms with Gasteiger partial charge in [-0.1, -0.05) is 13.8 Å². The van der Waals surface area contributed by atoms with Crippen molar-refractivity contribution >= 4 is 5.82 Å². The van der Waals surface area contributed by atoms with Crippen molar-refractivity contribution in [2.75, 3.05) is 19.0 Å². The van der Waals surface area contributed by atoms with Crippen LogP contribution in [-0.4, -0.2) is 23.6 Å². The third kappa shape index (κ3) is 2.41. The Morgan fingerprint density at radius 3 is 2.71 bits per heavy atom. The van der Waals surface area contributed by atoms with E-state index in [1.54, 1.807) is 0 Å². The Morgan fingerprint density at radius 2 is 2.06 bits per heavy atom. The van der Waals surface area contributed by atoms with Gasteiger partial charge < -0.3 is 10.1 Å². The van der Waals surface area contributed by atoms with Gasteiger partial charge in [-0.15, -0.1) is 0 Å². The Balaban J connectivity index is 2.42. The molecule has 1 aromatic rings. The van der Waals surface area contributed by atoms with Crippen LogP contribution in [0.25, 0.3) is 0 Å². The number of fused-ring (bicyclic) bond motifs is 1. The maximum absolute atomic E-state index is 5.47. The summed E-state index contributed by atoms with van der Waals surface area (Å²) in [5.41, 5.74) is 2.30. The topological polar surface area (TPSA) is 47.0 Å². The fourth-order valence-corrected chi connectivity index (χ4v) is 2.29. The molecule has 1 aliphatic rings. The van der Waals surface area contributed by atoms with E-state index in [1.165, 1.54) is 0 Å². The van der Waals surface area contributed by atoms with Crippen LogP contribution in [0, 0.1) is 0 Å². The molecule has 0 amide bonds. The number of anilines is 1. The third-order valence-corrected chi connectivity index (χ3v) is 3.43. The van der Waals surface area contributed by atoms with E-state index in [0.717, 1.165) is 48.8 Å². The second kappa shape index (κ2) is 5.45. The molecule has 0 atom stereocenters. The zero-order valence-corrected chi connectivity index (χ0v) is 10.9. The largest absolute Gasteiger partial charge is 0.376 e. The van der Waals surface area contributed by atoms with E-state index in [1.807, 2.05) is 7.05 Å². The normalized spacial score (nSPS) is 14.8. The summed E-state index contributed by atoms with van der Waals surface area (Å²) >= 11 is 0. The molecule has 0 aromatic carbocycles. The van der Waals surface area contributed by atoms with Gasteiger partial charge in [-0.25, -0.2) is 9.97 Å². The molecule has 0 aliphatic carbocycles. The van der Waals surface area contributed by atoms with E-state index in [0.29, 0.717) is 12.5 Å². The van der Waals surface area contributed by atoms with Crippen molar-refractivity contribution in [3.05, 3.63) is 17.1 Å². The van der Waals surface area contributed by atoms with Crippen molar-refractivity contribution in [2.45, 2.75) is 45.6 Å². The summed E-state index contributed by atoms with van der Waals surface area (Å²) in [6.45, 7) is 5.79. The van der Waals surface area contributed by atoms with Gasteiger partial charge in [-0.05, 0) is 12.8 Å². The minimum absolute atomic E-state index is 0.468. The Hall–Kier alpha value is -1.16. The molecular weight excluding hydrogens is 214 g/mol. The van der Waals surface area contributed by atoms with Gasteiger partial charge in [0.15, 0.2) is 0 Å². The van der Waals surface area contributed by atoms with E-state index < -0.39 is 0 Å². The molecule has 0 unspecified atom stereocenters. The Kier molecular flexibility index (Phi) is 3.94.